The molecule has 2 rings (SSSR count). The zero-order valence-electron chi connectivity index (χ0n) is 11.5. The van der Waals surface area contributed by atoms with Crippen LogP contribution in [0.5, 0.6) is 0 Å². The Kier molecular flexibility index (Phi) is 5.14. The number of rotatable bonds is 4. The molecule has 0 saturated heterocycles. The van der Waals surface area contributed by atoms with Crippen LogP contribution in [0.2, 0.25) is 5.02 Å². The average molecular weight is 320 g/mol. The molecule has 0 aromatic heterocycles. The van der Waals surface area contributed by atoms with Crippen LogP contribution in [0.4, 0.5) is 18.9 Å². The molecule has 0 spiro atoms. The molecule has 1 aliphatic rings. The van der Waals surface area contributed by atoms with Crippen molar-refractivity contribution in [3.63, 3.8) is 0 Å². The lowest BCUT2D eigenvalue weighted by Crippen LogP contribution is -2.14. The minimum Gasteiger partial charge on any atom is -0.326 e. The molecule has 0 bridgehead atoms. The highest BCUT2D eigenvalue weighted by molar-refractivity contribution is 6.31. The van der Waals surface area contributed by atoms with Crippen molar-refractivity contribution in [1.82, 2.24) is 0 Å². The monoisotopic (exact) mass is 319 g/mol. The second-order valence-electron chi connectivity index (χ2n) is 5.43. The Balaban J connectivity index is 1.94. The predicted octanol–water partition coefficient (Wildman–Crippen LogP) is 5.27. The van der Waals surface area contributed by atoms with Gasteiger partial charge in [-0.2, -0.15) is 13.2 Å². The third-order valence-corrected chi connectivity index (χ3v) is 4.14. The maximum Gasteiger partial charge on any atom is 0.417 e. The molecule has 6 heteroatoms. The van der Waals surface area contributed by atoms with E-state index in [1.165, 1.54) is 18.9 Å². The Morgan fingerprint density at radius 2 is 1.95 bits per heavy atom. The molecule has 1 aromatic carbocycles. The summed E-state index contributed by atoms with van der Waals surface area (Å²) in [6.07, 6.45) is 1.32. The number of benzene rings is 1. The van der Waals surface area contributed by atoms with E-state index in [-0.39, 0.29) is 16.6 Å². The van der Waals surface area contributed by atoms with Gasteiger partial charge in [-0.3, -0.25) is 4.79 Å². The fraction of sp³-hybridized carbons (Fsp3) is 0.533. The summed E-state index contributed by atoms with van der Waals surface area (Å²) in [6.45, 7) is 0. The third kappa shape index (κ3) is 4.63. The van der Waals surface area contributed by atoms with E-state index in [0.29, 0.717) is 12.3 Å². The molecule has 116 valence electrons. The highest BCUT2D eigenvalue weighted by Gasteiger charge is 2.33. The summed E-state index contributed by atoms with van der Waals surface area (Å²) in [7, 11) is 0. The van der Waals surface area contributed by atoms with Crippen LogP contribution in [0, 0.1) is 5.92 Å². The Bertz CT molecular complexity index is 510. The molecular formula is C15H17ClF3NO. The minimum atomic E-state index is -4.53. The van der Waals surface area contributed by atoms with E-state index in [9.17, 15) is 18.0 Å². The van der Waals surface area contributed by atoms with Crippen LogP contribution >= 0.6 is 11.6 Å². The molecule has 0 atom stereocenters. The normalized spacial score (nSPS) is 16.2. The first-order valence-corrected chi connectivity index (χ1v) is 7.40. The van der Waals surface area contributed by atoms with Gasteiger partial charge in [0.15, 0.2) is 0 Å². The molecule has 1 aromatic rings. The Morgan fingerprint density at radius 3 is 2.57 bits per heavy atom. The van der Waals surface area contributed by atoms with Gasteiger partial charge in [-0.25, -0.2) is 0 Å². The number of hydrogen-bond donors (Lipinski definition) is 1. The number of amides is 1. The van der Waals surface area contributed by atoms with E-state index >= 15 is 0 Å². The van der Waals surface area contributed by atoms with E-state index in [0.717, 1.165) is 31.4 Å². The summed E-state index contributed by atoms with van der Waals surface area (Å²) in [6, 6.07) is 3.40. The molecule has 0 aliphatic heterocycles. The van der Waals surface area contributed by atoms with Gasteiger partial charge < -0.3 is 5.32 Å². The first-order valence-electron chi connectivity index (χ1n) is 7.03. The lowest BCUT2D eigenvalue weighted by Gasteiger charge is -2.12. The van der Waals surface area contributed by atoms with E-state index in [4.69, 9.17) is 11.6 Å². The number of nitrogens with one attached hydrogen (secondary N) is 1. The number of halogens is 4. The lowest BCUT2D eigenvalue weighted by atomic mass is 10.0. The van der Waals surface area contributed by atoms with Gasteiger partial charge in [-0.05, 0) is 30.5 Å². The predicted molar refractivity (Wildman–Crippen MR) is 76.3 cm³/mol. The number of hydrogen-bond acceptors (Lipinski definition) is 1. The molecule has 0 unspecified atom stereocenters. The Morgan fingerprint density at radius 1 is 1.29 bits per heavy atom. The van der Waals surface area contributed by atoms with Gasteiger partial charge in [-0.15, -0.1) is 0 Å². The van der Waals surface area contributed by atoms with E-state index < -0.39 is 11.7 Å². The number of alkyl halides is 3. The summed E-state index contributed by atoms with van der Waals surface area (Å²) in [5.41, 5.74) is -0.805. The summed E-state index contributed by atoms with van der Waals surface area (Å²) < 4.78 is 38.2. The van der Waals surface area contributed by atoms with Crippen molar-refractivity contribution in [3.8, 4) is 0 Å². The highest BCUT2D eigenvalue weighted by Crippen LogP contribution is 2.36. The van der Waals surface area contributed by atoms with Crippen molar-refractivity contribution >= 4 is 23.2 Å². The molecule has 2 nitrogen and oxygen atoms in total. The van der Waals surface area contributed by atoms with Crippen molar-refractivity contribution in [2.45, 2.75) is 44.7 Å². The molecule has 1 saturated carbocycles. The molecule has 0 heterocycles. The molecule has 0 radical (unpaired) electrons. The summed E-state index contributed by atoms with van der Waals surface area (Å²) in [5, 5.41) is 2.14. The fourth-order valence-electron chi connectivity index (χ4n) is 2.68. The van der Waals surface area contributed by atoms with Crippen LogP contribution in [0.15, 0.2) is 18.2 Å². The van der Waals surface area contributed by atoms with E-state index in [2.05, 4.69) is 5.32 Å². The number of anilines is 1. The van der Waals surface area contributed by atoms with E-state index in [1.54, 1.807) is 0 Å². The first kappa shape index (κ1) is 16.1. The number of carbonyl (C=O) groups is 1. The van der Waals surface area contributed by atoms with Crippen LogP contribution in [0.25, 0.3) is 0 Å². The number of carbonyl (C=O) groups excluding carboxylic acids is 1. The zero-order chi connectivity index (χ0) is 15.5. The van der Waals surface area contributed by atoms with Gasteiger partial charge in [0.05, 0.1) is 10.6 Å². The van der Waals surface area contributed by atoms with Crippen LogP contribution in [-0.4, -0.2) is 5.91 Å². The second kappa shape index (κ2) is 6.69. The largest absolute Gasteiger partial charge is 0.417 e. The molecule has 1 N–H and O–H groups in total. The fourth-order valence-corrected chi connectivity index (χ4v) is 2.90. The molecule has 1 fully saturated rings. The highest BCUT2D eigenvalue weighted by atomic mass is 35.5. The first-order chi connectivity index (χ1) is 9.86. The topological polar surface area (TPSA) is 29.1 Å². The smallest absolute Gasteiger partial charge is 0.326 e. The summed E-state index contributed by atoms with van der Waals surface area (Å²) in [4.78, 5) is 11.8. The molecule has 1 amide bonds. The lowest BCUT2D eigenvalue weighted by molar-refractivity contribution is -0.137. The minimum absolute atomic E-state index is 0.128. The van der Waals surface area contributed by atoms with Crippen molar-refractivity contribution in [1.29, 1.82) is 0 Å². The van der Waals surface area contributed by atoms with Gasteiger partial charge in [-0.1, -0.05) is 37.3 Å². The van der Waals surface area contributed by atoms with Gasteiger partial charge in [0.2, 0.25) is 5.91 Å². The van der Waals surface area contributed by atoms with Crippen LogP contribution in [0.3, 0.4) is 0 Å². The standard InChI is InChI=1S/C15H17ClF3NO/c16-13-7-6-11(9-12(13)15(17,18)19)20-14(21)8-5-10-3-1-2-4-10/h6-7,9-10H,1-5,8H2,(H,20,21). The molecule has 1 aliphatic carbocycles. The summed E-state index contributed by atoms with van der Waals surface area (Å²) >= 11 is 5.53. The van der Waals surface area contributed by atoms with E-state index in [1.807, 2.05) is 0 Å². The van der Waals surface area contributed by atoms with Gasteiger partial charge in [0.1, 0.15) is 0 Å². The van der Waals surface area contributed by atoms with Gasteiger partial charge >= 0.3 is 6.18 Å². The Hall–Kier alpha value is -1.23. The molecule has 21 heavy (non-hydrogen) atoms. The summed E-state index contributed by atoms with van der Waals surface area (Å²) in [5.74, 6) is 0.323. The van der Waals surface area contributed by atoms with Crippen molar-refractivity contribution in [3.05, 3.63) is 28.8 Å². The van der Waals surface area contributed by atoms with Crippen molar-refractivity contribution in [2.75, 3.05) is 5.32 Å². The quantitative estimate of drug-likeness (QED) is 0.805. The van der Waals surface area contributed by atoms with Crippen molar-refractivity contribution in [2.24, 2.45) is 5.92 Å². The maximum absolute atomic E-state index is 12.7. The zero-order valence-corrected chi connectivity index (χ0v) is 12.2. The van der Waals surface area contributed by atoms with Gasteiger partial charge in [0, 0.05) is 12.1 Å². The van der Waals surface area contributed by atoms with Crippen molar-refractivity contribution < 1.29 is 18.0 Å². The van der Waals surface area contributed by atoms with Crippen LogP contribution in [0.1, 0.15) is 44.1 Å². The average Bonchev–Trinajstić information content (AvgIpc) is 2.90. The Labute approximate surface area is 126 Å². The van der Waals surface area contributed by atoms with Crippen LogP contribution in [-0.2, 0) is 11.0 Å². The van der Waals surface area contributed by atoms with Gasteiger partial charge in [0.25, 0.3) is 0 Å². The van der Waals surface area contributed by atoms with Crippen LogP contribution < -0.4 is 5.32 Å². The maximum atomic E-state index is 12.7. The second-order valence-corrected chi connectivity index (χ2v) is 5.84. The SMILES string of the molecule is O=C(CCC1CCCC1)Nc1ccc(Cl)c(C(F)(F)F)c1. The molecular weight excluding hydrogens is 303 g/mol. The third-order valence-electron chi connectivity index (χ3n) is 3.81.